The summed E-state index contributed by atoms with van der Waals surface area (Å²) in [6.45, 7) is 4.77. The van der Waals surface area contributed by atoms with Crippen LogP contribution >= 0.6 is 0 Å². The highest BCUT2D eigenvalue weighted by Gasteiger charge is 2.46. The van der Waals surface area contributed by atoms with Gasteiger partial charge in [-0.05, 0) is 131 Å². The van der Waals surface area contributed by atoms with Crippen molar-refractivity contribution in [3.63, 3.8) is 0 Å². The van der Waals surface area contributed by atoms with Crippen molar-refractivity contribution in [2.75, 3.05) is 4.90 Å². The van der Waals surface area contributed by atoms with Crippen LogP contribution in [0.15, 0.2) is 261 Å². The molecule has 0 radical (unpaired) electrons. The van der Waals surface area contributed by atoms with Crippen molar-refractivity contribution < 1.29 is 0 Å². The van der Waals surface area contributed by atoms with E-state index in [0.29, 0.717) is 0 Å². The van der Waals surface area contributed by atoms with Crippen molar-refractivity contribution in [2.24, 2.45) is 0 Å². The lowest BCUT2D eigenvalue weighted by atomic mass is 9.67. The van der Waals surface area contributed by atoms with Gasteiger partial charge < -0.3 is 4.90 Å². The van der Waals surface area contributed by atoms with Gasteiger partial charge in [-0.15, -0.1) is 0 Å². The Morgan fingerprint density at radius 3 is 1.32 bits per heavy atom. The topological polar surface area (TPSA) is 3.24 Å². The summed E-state index contributed by atoms with van der Waals surface area (Å²) in [5.74, 6) is 0. The molecule has 0 saturated heterocycles. The number of hydrogen-bond donors (Lipinski definition) is 0. The third kappa shape index (κ3) is 6.38. The van der Waals surface area contributed by atoms with Gasteiger partial charge in [-0.25, -0.2) is 0 Å². The minimum absolute atomic E-state index is 0.201. The van der Waals surface area contributed by atoms with Gasteiger partial charge in [0.15, 0.2) is 0 Å². The van der Waals surface area contributed by atoms with E-state index in [1.807, 2.05) is 0 Å². The van der Waals surface area contributed by atoms with Gasteiger partial charge >= 0.3 is 0 Å². The predicted molar refractivity (Wildman–Crippen MR) is 290 cm³/mol. The van der Waals surface area contributed by atoms with Gasteiger partial charge in [-0.1, -0.05) is 232 Å². The molecule has 13 rings (SSSR count). The van der Waals surface area contributed by atoms with Gasteiger partial charge in [0.05, 0.1) is 11.1 Å². The van der Waals surface area contributed by atoms with Gasteiger partial charge in [-0.2, -0.15) is 0 Å². The Morgan fingerprint density at radius 1 is 0.275 bits per heavy atom. The van der Waals surface area contributed by atoms with Gasteiger partial charge in [0.2, 0.25) is 0 Å². The minimum atomic E-state index is -0.567. The summed E-state index contributed by atoms with van der Waals surface area (Å²) >= 11 is 0. The fourth-order valence-corrected chi connectivity index (χ4v) is 11.9. The molecule has 1 nitrogen and oxygen atoms in total. The maximum absolute atomic E-state index is 2.58. The first-order chi connectivity index (χ1) is 34.0. The number of rotatable bonds is 8. The van der Waals surface area contributed by atoms with Gasteiger partial charge in [0.1, 0.15) is 0 Å². The van der Waals surface area contributed by atoms with Crippen molar-refractivity contribution in [1.82, 2.24) is 0 Å². The van der Waals surface area contributed by atoms with E-state index in [-0.39, 0.29) is 5.41 Å². The van der Waals surface area contributed by atoms with Crippen molar-refractivity contribution in [3.8, 4) is 55.6 Å². The van der Waals surface area contributed by atoms with E-state index in [1.54, 1.807) is 0 Å². The van der Waals surface area contributed by atoms with E-state index in [1.165, 1.54) is 77.5 Å². The van der Waals surface area contributed by atoms with E-state index < -0.39 is 5.41 Å². The van der Waals surface area contributed by atoms with Crippen molar-refractivity contribution in [3.05, 3.63) is 294 Å². The Bertz CT molecular complexity index is 3640. The summed E-state index contributed by atoms with van der Waals surface area (Å²) in [4.78, 5) is 2.58. The van der Waals surface area contributed by atoms with Crippen molar-refractivity contribution in [1.29, 1.82) is 0 Å². The molecule has 0 aliphatic heterocycles. The molecular weight excluding hydrogens is 831 g/mol. The lowest BCUT2D eigenvalue weighted by Gasteiger charge is -2.36. The Labute approximate surface area is 405 Å². The van der Waals surface area contributed by atoms with Crippen LogP contribution in [0.4, 0.5) is 17.1 Å². The molecule has 1 heteroatoms. The first-order valence-electron chi connectivity index (χ1n) is 24.2. The van der Waals surface area contributed by atoms with E-state index in [0.717, 1.165) is 39.3 Å². The zero-order valence-electron chi connectivity index (χ0n) is 38.8. The van der Waals surface area contributed by atoms with E-state index in [9.17, 15) is 0 Å². The summed E-state index contributed by atoms with van der Waals surface area (Å²) in [7, 11) is 0. The van der Waals surface area contributed by atoms with Crippen LogP contribution in [-0.2, 0) is 10.8 Å². The molecule has 2 aliphatic rings. The molecule has 0 bridgehead atoms. The molecule has 0 N–H and O–H groups in total. The molecule has 0 spiro atoms. The fraction of sp³-hybridized carbons (Fsp3) is 0.0588. The zero-order valence-corrected chi connectivity index (χ0v) is 38.8. The second-order valence-electron chi connectivity index (χ2n) is 19.2. The number of benzene rings is 11. The molecule has 326 valence electrons. The lowest BCUT2D eigenvalue weighted by Crippen LogP contribution is -2.28. The van der Waals surface area contributed by atoms with E-state index in [4.69, 9.17) is 0 Å². The first kappa shape index (κ1) is 40.7. The number of hydrogen-bond acceptors (Lipinski definition) is 1. The van der Waals surface area contributed by atoms with Crippen molar-refractivity contribution >= 4 is 27.8 Å². The largest absolute Gasteiger partial charge is 0.309 e. The highest BCUT2D eigenvalue weighted by Crippen LogP contribution is 2.59. The van der Waals surface area contributed by atoms with Gasteiger partial charge in [0.25, 0.3) is 0 Å². The second-order valence-corrected chi connectivity index (χ2v) is 19.2. The molecule has 11 aromatic carbocycles. The highest BCUT2D eigenvalue weighted by molar-refractivity contribution is 6.02. The number of fused-ring (bicyclic) bond motifs is 7. The molecule has 0 heterocycles. The summed E-state index contributed by atoms with van der Waals surface area (Å²) in [5.41, 5.74) is 22.5. The molecule has 69 heavy (non-hydrogen) atoms. The lowest BCUT2D eigenvalue weighted by molar-refractivity contribution is 0.660. The molecule has 0 aromatic heterocycles. The smallest absolute Gasteiger partial charge is 0.0714 e. The van der Waals surface area contributed by atoms with E-state index in [2.05, 4.69) is 280 Å². The van der Waals surface area contributed by atoms with Crippen molar-refractivity contribution in [2.45, 2.75) is 24.7 Å². The van der Waals surface area contributed by atoms with Gasteiger partial charge in [-0.3, -0.25) is 0 Å². The Balaban J connectivity index is 1.15. The monoisotopic (exact) mass is 879 g/mol. The maximum Gasteiger partial charge on any atom is 0.0714 e. The zero-order chi connectivity index (χ0) is 46.1. The number of anilines is 3. The van der Waals surface area contributed by atoms with Gasteiger partial charge in [0, 0.05) is 27.9 Å². The molecule has 0 unspecified atom stereocenters. The standard InChI is InChI=1S/C68H49N/c1-67(2)62-33-19-17-31-56(62)58-39-37-54(44-64(58)67)69(55-38-40-59-57-32-18-20-34-63(57)68(65(59)45-55,52-27-11-5-12-28-52)53-29-13-6-14-30-53)66-60(47-22-7-3-8-23-47)42-51(43-61(66)48-24-9-4-10-25-48)50-36-35-46-21-15-16-26-49(46)41-50/h3-45H,1-2H3. The van der Waals surface area contributed by atoms with Crippen LogP contribution in [0.1, 0.15) is 47.2 Å². The molecule has 11 aromatic rings. The molecular formula is C68H49N. The minimum Gasteiger partial charge on any atom is -0.309 e. The third-order valence-electron chi connectivity index (χ3n) is 15.1. The maximum atomic E-state index is 2.58. The van der Waals surface area contributed by atoms with Crippen LogP contribution in [0, 0.1) is 0 Å². The first-order valence-corrected chi connectivity index (χ1v) is 24.2. The van der Waals surface area contributed by atoms with Crippen LogP contribution < -0.4 is 4.90 Å². The second kappa shape index (κ2) is 16.1. The van der Waals surface area contributed by atoms with Crippen LogP contribution in [0.3, 0.4) is 0 Å². The highest BCUT2D eigenvalue weighted by atomic mass is 15.1. The molecule has 2 aliphatic carbocycles. The van der Waals surface area contributed by atoms with Crippen LogP contribution in [-0.4, -0.2) is 0 Å². The van der Waals surface area contributed by atoms with Crippen LogP contribution in [0.5, 0.6) is 0 Å². The predicted octanol–water partition coefficient (Wildman–Crippen LogP) is 18.0. The molecule has 0 saturated carbocycles. The Morgan fingerprint density at radius 2 is 0.725 bits per heavy atom. The SMILES string of the molecule is CC1(C)c2ccccc2-c2ccc(N(c3ccc4c(c3)C(c3ccccc3)(c3ccccc3)c3ccccc3-4)c3c(-c4ccccc4)cc(-c4ccc5ccccc5c4)cc3-c3ccccc3)cc21. The summed E-state index contributed by atoms with van der Waals surface area (Å²) in [6, 6.07) is 97.2. The summed E-state index contributed by atoms with van der Waals surface area (Å²) < 4.78 is 0. The Kier molecular flexibility index (Phi) is 9.49. The molecule has 0 fully saturated rings. The van der Waals surface area contributed by atoms with Crippen LogP contribution in [0.25, 0.3) is 66.4 Å². The number of nitrogens with zero attached hydrogens (tertiary/aromatic N) is 1. The third-order valence-corrected chi connectivity index (χ3v) is 15.1. The van der Waals surface area contributed by atoms with E-state index >= 15 is 0 Å². The Hall–Kier alpha value is -8.52. The van der Waals surface area contributed by atoms with Crippen LogP contribution in [0.2, 0.25) is 0 Å². The normalized spacial score (nSPS) is 13.6. The molecule has 0 atom stereocenters. The fourth-order valence-electron chi connectivity index (χ4n) is 11.9. The molecule has 0 amide bonds. The average molecular weight is 880 g/mol. The summed E-state index contributed by atoms with van der Waals surface area (Å²) in [6.07, 6.45) is 0. The summed E-state index contributed by atoms with van der Waals surface area (Å²) in [5, 5.41) is 2.46. The quantitative estimate of drug-likeness (QED) is 0.147. The average Bonchev–Trinajstić information content (AvgIpc) is 3.84.